The van der Waals surface area contributed by atoms with E-state index in [1.54, 1.807) is 13.0 Å². The van der Waals surface area contributed by atoms with Crippen molar-refractivity contribution in [1.82, 2.24) is 5.32 Å². The van der Waals surface area contributed by atoms with E-state index in [4.69, 9.17) is 0 Å². The molecule has 1 fully saturated rings. The van der Waals surface area contributed by atoms with Crippen LogP contribution < -0.4 is 5.32 Å². The van der Waals surface area contributed by atoms with E-state index in [0.29, 0.717) is 5.56 Å². The van der Waals surface area contributed by atoms with Crippen molar-refractivity contribution in [3.8, 4) is 0 Å². The molecule has 1 aliphatic rings. The van der Waals surface area contributed by atoms with Crippen molar-refractivity contribution in [2.24, 2.45) is 0 Å². The largest absolute Gasteiger partial charge is 0.416 e. The van der Waals surface area contributed by atoms with Crippen LogP contribution in [0.1, 0.15) is 30.4 Å². The Morgan fingerprint density at radius 2 is 1.71 bits per heavy atom. The summed E-state index contributed by atoms with van der Waals surface area (Å²) in [5.74, 6) is 0. The average Bonchev–Trinajstić information content (AvgIpc) is 2.31. The second kappa shape index (κ2) is 6.64. The van der Waals surface area contributed by atoms with Crippen LogP contribution in [-0.2, 0) is 6.18 Å². The van der Waals surface area contributed by atoms with Gasteiger partial charge in [0.2, 0.25) is 0 Å². The molecule has 0 bridgehead atoms. The first-order valence-electron chi connectivity index (χ1n) is 5.85. The lowest BCUT2D eigenvalue weighted by Crippen LogP contribution is -2.21. The molecule has 0 radical (unpaired) electrons. The van der Waals surface area contributed by atoms with E-state index in [0.717, 1.165) is 12.1 Å². The molecule has 1 aliphatic heterocycles. The predicted octanol–water partition coefficient (Wildman–Crippen LogP) is 3.77. The van der Waals surface area contributed by atoms with Crippen molar-refractivity contribution in [3.05, 3.63) is 35.4 Å². The molecule has 17 heavy (non-hydrogen) atoms. The second-order valence-electron chi connectivity index (χ2n) is 4.18. The first kappa shape index (κ1) is 14.0. The molecule has 1 aromatic carbocycles. The van der Waals surface area contributed by atoms with Gasteiger partial charge in [0.05, 0.1) is 5.56 Å². The van der Waals surface area contributed by atoms with Crippen molar-refractivity contribution < 1.29 is 13.2 Å². The monoisotopic (exact) mass is 245 g/mol. The number of hydrogen-bond donors (Lipinski definition) is 1. The Kier molecular flexibility index (Phi) is 5.48. The zero-order valence-electron chi connectivity index (χ0n) is 9.98. The Labute approximate surface area is 100 Å². The van der Waals surface area contributed by atoms with Crippen LogP contribution in [0.2, 0.25) is 0 Å². The van der Waals surface area contributed by atoms with E-state index in [1.165, 1.54) is 38.4 Å². The van der Waals surface area contributed by atoms with E-state index in [9.17, 15) is 13.2 Å². The topological polar surface area (TPSA) is 12.0 Å². The Morgan fingerprint density at radius 1 is 1.06 bits per heavy atom. The number of halogens is 3. The molecule has 0 spiro atoms. The minimum atomic E-state index is -4.22. The van der Waals surface area contributed by atoms with E-state index in [2.05, 4.69) is 5.32 Å². The number of hydrogen-bond acceptors (Lipinski definition) is 1. The highest BCUT2D eigenvalue weighted by atomic mass is 19.4. The molecule has 2 rings (SSSR count). The maximum atomic E-state index is 12.0. The molecule has 0 unspecified atom stereocenters. The maximum Gasteiger partial charge on any atom is 0.416 e. The van der Waals surface area contributed by atoms with Gasteiger partial charge in [0.15, 0.2) is 0 Å². The Bertz CT molecular complexity index is 318. The van der Waals surface area contributed by atoms with E-state index < -0.39 is 11.7 Å². The molecular weight excluding hydrogens is 227 g/mol. The molecule has 96 valence electrons. The van der Waals surface area contributed by atoms with Crippen molar-refractivity contribution in [3.63, 3.8) is 0 Å². The van der Waals surface area contributed by atoms with Gasteiger partial charge in [0, 0.05) is 0 Å². The van der Waals surface area contributed by atoms with Crippen molar-refractivity contribution >= 4 is 0 Å². The summed E-state index contributed by atoms with van der Waals surface area (Å²) in [4.78, 5) is 0. The van der Waals surface area contributed by atoms with Crippen LogP contribution in [0.3, 0.4) is 0 Å². The average molecular weight is 245 g/mol. The quantitative estimate of drug-likeness (QED) is 0.733. The van der Waals surface area contributed by atoms with Crippen molar-refractivity contribution in [2.45, 2.75) is 32.4 Å². The SMILES string of the molecule is C1CCNCC1.Cc1cccc(C(F)(F)F)c1. The van der Waals surface area contributed by atoms with Crippen molar-refractivity contribution in [2.75, 3.05) is 13.1 Å². The lowest BCUT2D eigenvalue weighted by molar-refractivity contribution is -0.137. The Hall–Kier alpha value is -1.03. The first-order chi connectivity index (χ1) is 8.00. The fourth-order valence-corrected chi connectivity index (χ4v) is 1.62. The molecule has 1 saturated heterocycles. The van der Waals surface area contributed by atoms with Crippen LogP contribution in [0.4, 0.5) is 13.2 Å². The fraction of sp³-hybridized carbons (Fsp3) is 0.538. The third-order valence-corrected chi connectivity index (χ3v) is 2.55. The lowest BCUT2D eigenvalue weighted by Gasteiger charge is -2.08. The van der Waals surface area contributed by atoms with Crippen molar-refractivity contribution in [1.29, 1.82) is 0 Å². The molecule has 1 aromatic rings. The van der Waals surface area contributed by atoms with Crippen LogP contribution in [0, 0.1) is 6.92 Å². The van der Waals surface area contributed by atoms with Crippen LogP contribution in [-0.4, -0.2) is 13.1 Å². The summed E-state index contributed by atoms with van der Waals surface area (Å²) in [7, 11) is 0. The smallest absolute Gasteiger partial charge is 0.317 e. The van der Waals surface area contributed by atoms with Gasteiger partial charge in [-0.3, -0.25) is 0 Å². The molecule has 0 amide bonds. The van der Waals surface area contributed by atoms with Gasteiger partial charge < -0.3 is 5.32 Å². The number of benzene rings is 1. The first-order valence-corrected chi connectivity index (χ1v) is 5.85. The Morgan fingerprint density at radius 3 is 2.00 bits per heavy atom. The third-order valence-electron chi connectivity index (χ3n) is 2.55. The zero-order valence-corrected chi connectivity index (χ0v) is 9.98. The van der Waals surface area contributed by atoms with Gasteiger partial charge in [-0.15, -0.1) is 0 Å². The third kappa shape index (κ3) is 5.73. The summed E-state index contributed by atoms with van der Waals surface area (Å²) >= 11 is 0. The molecule has 4 heteroatoms. The molecule has 0 atom stereocenters. The summed E-state index contributed by atoms with van der Waals surface area (Å²) in [5.41, 5.74) is 0.0392. The zero-order chi connectivity index (χ0) is 12.7. The van der Waals surface area contributed by atoms with Gasteiger partial charge in [-0.25, -0.2) is 0 Å². The molecule has 0 aliphatic carbocycles. The normalized spacial score (nSPS) is 16.0. The Balaban J connectivity index is 0.000000202. The minimum Gasteiger partial charge on any atom is -0.317 e. The van der Waals surface area contributed by atoms with E-state index >= 15 is 0 Å². The van der Waals surface area contributed by atoms with Gasteiger partial charge in [-0.05, 0) is 38.9 Å². The highest BCUT2D eigenvalue weighted by Gasteiger charge is 2.29. The number of alkyl halides is 3. The summed E-state index contributed by atoms with van der Waals surface area (Å²) < 4.78 is 35.9. The van der Waals surface area contributed by atoms with Gasteiger partial charge in [-0.1, -0.05) is 30.2 Å². The van der Waals surface area contributed by atoms with Crippen LogP contribution in [0.5, 0.6) is 0 Å². The molecular formula is C13H18F3N. The maximum absolute atomic E-state index is 12.0. The summed E-state index contributed by atoms with van der Waals surface area (Å²) in [6.45, 7) is 4.13. The highest BCUT2D eigenvalue weighted by molar-refractivity contribution is 5.24. The van der Waals surface area contributed by atoms with Crippen LogP contribution in [0.25, 0.3) is 0 Å². The van der Waals surface area contributed by atoms with Crippen LogP contribution >= 0.6 is 0 Å². The fourth-order valence-electron chi connectivity index (χ4n) is 1.62. The summed E-state index contributed by atoms with van der Waals surface area (Å²) in [6.07, 6.45) is -0.000972. The molecule has 1 heterocycles. The van der Waals surface area contributed by atoms with Crippen LogP contribution in [0.15, 0.2) is 24.3 Å². The molecule has 1 N–H and O–H groups in total. The molecule has 0 aromatic heterocycles. The molecule has 1 nitrogen and oxygen atoms in total. The van der Waals surface area contributed by atoms with Gasteiger partial charge in [-0.2, -0.15) is 13.2 Å². The van der Waals surface area contributed by atoms with Gasteiger partial charge in [0.1, 0.15) is 0 Å². The molecule has 0 saturated carbocycles. The van der Waals surface area contributed by atoms with E-state index in [-0.39, 0.29) is 0 Å². The summed E-state index contributed by atoms with van der Waals surface area (Å²) in [6, 6.07) is 5.22. The minimum absolute atomic E-state index is 0.586. The summed E-state index contributed by atoms with van der Waals surface area (Å²) in [5, 5.41) is 3.28. The van der Waals surface area contributed by atoms with E-state index in [1.807, 2.05) is 0 Å². The van der Waals surface area contributed by atoms with Gasteiger partial charge >= 0.3 is 6.18 Å². The van der Waals surface area contributed by atoms with Gasteiger partial charge in [0.25, 0.3) is 0 Å². The standard InChI is InChI=1S/C8H7F3.C5H11N/c1-6-3-2-4-7(5-6)8(9,10)11;1-2-4-6-5-3-1/h2-5H,1H3;6H,1-5H2. The lowest BCUT2D eigenvalue weighted by atomic mass is 10.1. The second-order valence-corrected chi connectivity index (χ2v) is 4.18. The number of rotatable bonds is 0. The predicted molar refractivity (Wildman–Crippen MR) is 62.9 cm³/mol. The highest BCUT2D eigenvalue weighted by Crippen LogP contribution is 2.29. The number of piperidine rings is 1. The number of aryl methyl sites for hydroxylation is 1. The number of nitrogens with one attached hydrogen (secondary N) is 1.